The van der Waals surface area contributed by atoms with Crippen LogP contribution < -0.4 is 4.74 Å². The molecule has 1 heterocycles. The minimum Gasteiger partial charge on any atom is -0.478 e. The standard InChI is InChI=1S/C10H7N3O5S/c1-5-11-10(19-12-5)18-8-4-6(9(14)15)2-3-7(8)13(16)17/h2-4H,1H3,(H,14,15). The Kier molecular flexibility index (Phi) is 3.38. The first-order valence-corrected chi connectivity index (χ1v) is 5.74. The minimum atomic E-state index is -1.20. The van der Waals surface area contributed by atoms with Gasteiger partial charge in [0.1, 0.15) is 5.82 Å². The van der Waals surface area contributed by atoms with E-state index < -0.39 is 10.9 Å². The Labute approximate surface area is 110 Å². The average molecular weight is 281 g/mol. The molecule has 0 aliphatic rings. The predicted molar refractivity (Wildman–Crippen MR) is 64.8 cm³/mol. The largest absolute Gasteiger partial charge is 0.478 e. The molecule has 0 saturated carbocycles. The molecule has 0 unspecified atom stereocenters. The number of hydrogen-bond acceptors (Lipinski definition) is 7. The van der Waals surface area contributed by atoms with E-state index in [2.05, 4.69) is 9.36 Å². The number of carboxylic acid groups (broad SMARTS) is 1. The van der Waals surface area contributed by atoms with Crippen LogP contribution in [0.15, 0.2) is 18.2 Å². The summed E-state index contributed by atoms with van der Waals surface area (Å²) in [6, 6.07) is 3.29. The van der Waals surface area contributed by atoms with Crippen LogP contribution in [0.25, 0.3) is 0 Å². The van der Waals surface area contributed by atoms with Gasteiger partial charge in [0, 0.05) is 23.7 Å². The van der Waals surface area contributed by atoms with Crippen LogP contribution in [0.4, 0.5) is 5.69 Å². The molecule has 0 aliphatic heterocycles. The van der Waals surface area contributed by atoms with Gasteiger partial charge in [-0.25, -0.2) is 4.79 Å². The second-order valence-corrected chi connectivity index (χ2v) is 4.17. The number of nitrogens with zero attached hydrogens (tertiary/aromatic N) is 3. The molecule has 98 valence electrons. The lowest BCUT2D eigenvalue weighted by atomic mass is 10.2. The van der Waals surface area contributed by atoms with Gasteiger partial charge in [0.05, 0.1) is 10.5 Å². The van der Waals surface area contributed by atoms with E-state index in [0.29, 0.717) is 5.82 Å². The SMILES string of the molecule is Cc1nsc(Oc2cc(C(=O)O)ccc2[N+](=O)[O-])n1. The van der Waals surface area contributed by atoms with Crippen LogP contribution in [0, 0.1) is 17.0 Å². The number of rotatable bonds is 4. The number of benzene rings is 1. The molecule has 8 nitrogen and oxygen atoms in total. The molecule has 2 rings (SSSR count). The maximum Gasteiger partial charge on any atom is 0.335 e. The molecular weight excluding hydrogens is 274 g/mol. The van der Waals surface area contributed by atoms with Gasteiger partial charge in [0.25, 0.3) is 5.19 Å². The molecule has 2 aromatic rings. The first kappa shape index (κ1) is 12.9. The van der Waals surface area contributed by atoms with E-state index in [1.807, 2.05) is 0 Å². The fourth-order valence-electron chi connectivity index (χ4n) is 1.29. The number of aryl methyl sites for hydroxylation is 1. The Morgan fingerprint density at radius 1 is 1.53 bits per heavy atom. The second-order valence-electron chi connectivity index (χ2n) is 3.45. The molecule has 1 N–H and O–H groups in total. The Bertz CT molecular complexity index is 654. The monoisotopic (exact) mass is 281 g/mol. The van der Waals surface area contributed by atoms with Crippen LogP contribution >= 0.6 is 11.5 Å². The summed E-state index contributed by atoms with van der Waals surface area (Å²) in [4.78, 5) is 24.9. The maximum absolute atomic E-state index is 10.8. The fraction of sp³-hybridized carbons (Fsp3) is 0.100. The molecule has 9 heteroatoms. The predicted octanol–water partition coefficient (Wildman–Crippen LogP) is 2.25. The van der Waals surface area contributed by atoms with Crippen molar-refractivity contribution < 1.29 is 19.6 Å². The molecule has 0 atom stereocenters. The van der Waals surface area contributed by atoms with E-state index in [1.54, 1.807) is 6.92 Å². The number of carboxylic acids is 1. The van der Waals surface area contributed by atoms with Gasteiger partial charge in [0.15, 0.2) is 0 Å². The molecule has 0 radical (unpaired) electrons. The summed E-state index contributed by atoms with van der Waals surface area (Å²) >= 11 is 0.926. The third kappa shape index (κ3) is 2.83. The van der Waals surface area contributed by atoms with Crippen molar-refractivity contribution in [2.24, 2.45) is 0 Å². The van der Waals surface area contributed by atoms with E-state index in [0.717, 1.165) is 29.7 Å². The third-order valence-electron chi connectivity index (χ3n) is 2.11. The van der Waals surface area contributed by atoms with Gasteiger partial charge in [-0.15, -0.1) is 0 Å². The van der Waals surface area contributed by atoms with Crippen LogP contribution in [0.2, 0.25) is 0 Å². The summed E-state index contributed by atoms with van der Waals surface area (Å²) in [7, 11) is 0. The highest BCUT2D eigenvalue weighted by atomic mass is 32.1. The lowest BCUT2D eigenvalue weighted by molar-refractivity contribution is -0.385. The van der Waals surface area contributed by atoms with E-state index in [9.17, 15) is 14.9 Å². The van der Waals surface area contributed by atoms with E-state index in [1.165, 1.54) is 0 Å². The highest BCUT2D eigenvalue weighted by Crippen LogP contribution is 2.32. The molecular formula is C10H7N3O5S. The van der Waals surface area contributed by atoms with Crippen molar-refractivity contribution in [1.29, 1.82) is 0 Å². The van der Waals surface area contributed by atoms with Crippen molar-refractivity contribution in [3.8, 4) is 10.9 Å². The molecule has 1 aromatic carbocycles. The van der Waals surface area contributed by atoms with Gasteiger partial charge in [0.2, 0.25) is 5.75 Å². The van der Waals surface area contributed by atoms with Gasteiger partial charge < -0.3 is 9.84 Å². The van der Waals surface area contributed by atoms with Crippen LogP contribution in [-0.2, 0) is 0 Å². The third-order valence-corrected chi connectivity index (χ3v) is 2.80. The van der Waals surface area contributed by atoms with Crippen LogP contribution in [0.1, 0.15) is 16.2 Å². The summed E-state index contributed by atoms with van der Waals surface area (Å²) in [6.45, 7) is 1.64. The van der Waals surface area contributed by atoms with Gasteiger partial charge in [-0.05, 0) is 13.0 Å². The normalized spacial score (nSPS) is 10.2. The lowest BCUT2D eigenvalue weighted by Crippen LogP contribution is -1.99. The number of carbonyl (C=O) groups is 1. The number of nitro groups is 1. The Balaban J connectivity index is 2.42. The molecule has 0 fully saturated rings. The smallest absolute Gasteiger partial charge is 0.335 e. The van der Waals surface area contributed by atoms with Gasteiger partial charge in [-0.3, -0.25) is 10.1 Å². The molecule has 19 heavy (non-hydrogen) atoms. The zero-order valence-corrected chi connectivity index (χ0v) is 10.4. The first-order chi connectivity index (χ1) is 8.97. The summed E-state index contributed by atoms with van der Waals surface area (Å²) in [5.41, 5.74) is -0.445. The number of ether oxygens (including phenoxy) is 1. The average Bonchev–Trinajstić information content (AvgIpc) is 2.74. The quantitative estimate of drug-likeness (QED) is 0.674. The Hall–Kier alpha value is -2.55. The zero-order chi connectivity index (χ0) is 14.0. The zero-order valence-electron chi connectivity index (χ0n) is 9.56. The number of hydrogen-bond donors (Lipinski definition) is 1. The molecule has 0 saturated heterocycles. The van der Waals surface area contributed by atoms with Crippen molar-refractivity contribution >= 4 is 23.2 Å². The maximum atomic E-state index is 10.8. The molecule has 0 aliphatic carbocycles. The van der Waals surface area contributed by atoms with Crippen molar-refractivity contribution in [3.05, 3.63) is 39.7 Å². The molecule has 0 bridgehead atoms. The number of nitro benzene ring substituents is 1. The van der Waals surface area contributed by atoms with Crippen molar-refractivity contribution in [2.75, 3.05) is 0 Å². The first-order valence-electron chi connectivity index (χ1n) is 4.97. The van der Waals surface area contributed by atoms with Crippen molar-refractivity contribution in [2.45, 2.75) is 6.92 Å². The topological polar surface area (TPSA) is 115 Å². The van der Waals surface area contributed by atoms with Crippen molar-refractivity contribution in [1.82, 2.24) is 9.36 Å². The number of aromatic nitrogens is 2. The van der Waals surface area contributed by atoms with E-state index >= 15 is 0 Å². The van der Waals surface area contributed by atoms with Crippen molar-refractivity contribution in [3.63, 3.8) is 0 Å². The fourth-order valence-corrected chi connectivity index (χ4v) is 1.84. The van der Waals surface area contributed by atoms with Gasteiger partial charge in [-0.1, -0.05) is 0 Å². The highest BCUT2D eigenvalue weighted by molar-refractivity contribution is 7.07. The van der Waals surface area contributed by atoms with Gasteiger partial charge >= 0.3 is 11.7 Å². The van der Waals surface area contributed by atoms with Crippen LogP contribution in [0.3, 0.4) is 0 Å². The molecule has 1 aromatic heterocycles. The summed E-state index contributed by atoms with van der Waals surface area (Å²) < 4.78 is 9.09. The van der Waals surface area contributed by atoms with Crippen LogP contribution in [-0.4, -0.2) is 25.4 Å². The Morgan fingerprint density at radius 2 is 2.26 bits per heavy atom. The minimum absolute atomic E-state index is 0.109. The summed E-state index contributed by atoms with van der Waals surface area (Å²) in [6.07, 6.45) is 0. The number of aromatic carboxylic acids is 1. The highest BCUT2D eigenvalue weighted by Gasteiger charge is 2.19. The lowest BCUT2D eigenvalue weighted by Gasteiger charge is -2.03. The summed E-state index contributed by atoms with van der Waals surface area (Å²) in [5.74, 6) is -0.911. The Morgan fingerprint density at radius 3 is 2.79 bits per heavy atom. The van der Waals surface area contributed by atoms with E-state index in [4.69, 9.17) is 9.84 Å². The van der Waals surface area contributed by atoms with Crippen LogP contribution in [0.5, 0.6) is 10.9 Å². The molecule has 0 amide bonds. The van der Waals surface area contributed by atoms with E-state index in [-0.39, 0.29) is 22.2 Å². The molecule has 0 spiro atoms. The summed E-state index contributed by atoms with van der Waals surface area (Å²) in [5, 5.41) is 19.8. The van der Waals surface area contributed by atoms with Gasteiger partial charge in [-0.2, -0.15) is 9.36 Å². The second kappa shape index (κ2) is 4.98.